The lowest BCUT2D eigenvalue weighted by Gasteiger charge is -2.23. The number of benzene rings is 3. The fourth-order valence-corrected chi connectivity index (χ4v) is 3.41. The maximum absolute atomic E-state index is 13.3. The van der Waals surface area contributed by atoms with Crippen LogP contribution in [-0.4, -0.2) is 15.4 Å². The van der Waals surface area contributed by atoms with Crippen molar-refractivity contribution in [3.05, 3.63) is 107 Å². The molecule has 0 atom stereocenters. The van der Waals surface area contributed by atoms with Gasteiger partial charge in [0.1, 0.15) is 5.69 Å². The first kappa shape index (κ1) is 19.3. The van der Waals surface area contributed by atoms with Crippen LogP contribution in [0.1, 0.15) is 5.69 Å². The Bertz CT molecular complexity index is 1170. The number of carbonyl (C=O) groups is 1. The summed E-state index contributed by atoms with van der Waals surface area (Å²) >= 11 is 0. The summed E-state index contributed by atoms with van der Waals surface area (Å²) in [6.07, 6.45) is 0. The van der Waals surface area contributed by atoms with Crippen LogP contribution >= 0.6 is 0 Å². The van der Waals surface area contributed by atoms with Crippen LogP contribution in [0.25, 0.3) is 5.69 Å². The number of urea groups is 1. The van der Waals surface area contributed by atoms with Crippen molar-refractivity contribution >= 4 is 23.1 Å². The van der Waals surface area contributed by atoms with Crippen LogP contribution < -0.4 is 15.8 Å². The Balaban J connectivity index is 1.75. The number of anilines is 3. The predicted octanol–water partition coefficient (Wildman–Crippen LogP) is 4.85. The number of carbonyl (C=O) groups excluding carboxylic acids is 1. The van der Waals surface area contributed by atoms with Gasteiger partial charge in [-0.15, -0.1) is 0 Å². The van der Waals surface area contributed by atoms with Crippen molar-refractivity contribution in [3.63, 3.8) is 0 Å². The summed E-state index contributed by atoms with van der Waals surface area (Å²) in [5, 5.41) is 2.84. The summed E-state index contributed by atoms with van der Waals surface area (Å²) in [5.41, 5.74) is 2.78. The van der Waals surface area contributed by atoms with Gasteiger partial charge in [0.25, 0.3) is 5.56 Å². The Hall–Kier alpha value is -4.06. The smallest absolute Gasteiger partial charge is 0.301 e. The number of nitrogens with one attached hydrogen (secondary N) is 1. The van der Waals surface area contributed by atoms with Gasteiger partial charge in [0.2, 0.25) is 0 Å². The van der Waals surface area contributed by atoms with Crippen LogP contribution in [0.4, 0.5) is 21.9 Å². The molecule has 150 valence electrons. The second-order valence-corrected chi connectivity index (χ2v) is 6.87. The fraction of sp³-hybridized carbons (Fsp3) is 0.0833. The minimum atomic E-state index is -0.404. The van der Waals surface area contributed by atoms with Gasteiger partial charge in [0.15, 0.2) is 0 Å². The molecular weight excluding hydrogens is 376 g/mol. The third kappa shape index (κ3) is 3.51. The van der Waals surface area contributed by atoms with Crippen molar-refractivity contribution in [1.29, 1.82) is 0 Å². The molecule has 0 saturated heterocycles. The second kappa shape index (κ2) is 8.13. The van der Waals surface area contributed by atoms with Crippen LogP contribution in [0, 0.1) is 6.92 Å². The second-order valence-electron chi connectivity index (χ2n) is 6.87. The molecule has 1 N–H and O–H groups in total. The molecule has 0 bridgehead atoms. The van der Waals surface area contributed by atoms with Crippen molar-refractivity contribution < 1.29 is 4.79 Å². The van der Waals surface area contributed by atoms with Gasteiger partial charge in [-0.3, -0.25) is 14.4 Å². The largest absolute Gasteiger partial charge is 0.331 e. The average Bonchev–Trinajstić information content (AvgIpc) is 2.99. The number of nitrogens with zero attached hydrogens (tertiary/aromatic N) is 3. The van der Waals surface area contributed by atoms with E-state index in [4.69, 9.17) is 0 Å². The molecule has 0 aliphatic heterocycles. The molecule has 0 aliphatic rings. The Labute approximate surface area is 174 Å². The first-order chi connectivity index (χ1) is 14.6. The quantitative estimate of drug-likeness (QED) is 0.534. The SMILES string of the molecule is Cc1c(NC(=O)N(c2ccccc2)c2ccccc2)c(=O)n(-c2ccccc2)n1C. The van der Waals surface area contributed by atoms with E-state index in [2.05, 4.69) is 5.32 Å². The van der Waals surface area contributed by atoms with E-state index >= 15 is 0 Å². The molecule has 30 heavy (non-hydrogen) atoms. The Morgan fingerprint density at radius 1 is 0.800 bits per heavy atom. The van der Waals surface area contributed by atoms with E-state index in [9.17, 15) is 9.59 Å². The lowest BCUT2D eigenvalue weighted by atomic mass is 10.2. The minimum Gasteiger partial charge on any atom is -0.301 e. The van der Waals surface area contributed by atoms with Crippen molar-refractivity contribution in [3.8, 4) is 5.69 Å². The number of hydrogen-bond donors (Lipinski definition) is 1. The maximum Gasteiger partial charge on any atom is 0.331 e. The summed E-state index contributed by atoms with van der Waals surface area (Å²) < 4.78 is 3.28. The zero-order valence-electron chi connectivity index (χ0n) is 16.8. The molecule has 0 unspecified atom stereocenters. The van der Waals surface area contributed by atoms with Gasteiger partial charge in [-0.2, -0.15) is 0 Å². The summed E-state index contributed by atoms with van der Waals surface area (Å²) in [4.78, 5) is 28.0. The molecule has 3 aromatic carbocycles. The summed E-state index contributed by atoms with van der Waals surface area (Å²) in [6, 6.07) is 27.6. The van der Waals surface area contributed by atoms with Crippen LogP contribution in [0.5, 0.6) is 0 Å². The van der Waals surface area contributed by atoms with Gasteiger partial charge >= 0.3 is 6.03 Å². The van der Waals surface area contributed by atoms with Gasteiger partial charge in [-0.05, 0) is 43.3 Å². The molecule has 4 rings (SSSR count). The number of para-hydroxylation sites is 3. The molecule has 1 heterocycles. The van der Waals surface area contributed by atoms with E-state index in [1.54, 1.807) is 21.3 Å². The summed E-state index contributed by atoms with van der Waals surface area (Å²) in [7, 11) is 1.80. The lowest BCUT2D eigenvalue weighted by Crippen LogP contribution is -2.33. The van der Waals surface area contributed by atoms with Crippen LogP contribution in [0.3, 0.4) is 0 Å². The average molecular weight is 398 g/mol. The Morgan fingerprint density at radius 3 is 1.77 bits per heavy atom. The van der Waals surface area contributed by atoms with Crippen molar-refractivity contribution in [1.82, 2.24) is 9.36 Å². The number of aromatic nitrogens is 2. The van der Waals surface area contributed by atoms with Crippen molar-refractivity contribution in [2.75, 3.05) is 10.2 Å². The Morgan fingerprint density at radius 2 is 1.27 bits per heavy atom. The number of amides is 2. The van der Waals surface area contributed by atoms with Crippen molar-refractivity contribution in [2.24, 2.45) is 7.05 Å². The van der Waals surface area contributed by atoms with Gasteiger partial charge in [0.05, 0.1) is 22.8 Å². The molecule has 0 spiro atoms. The van der Waals surface area contributed by atoms with Crippen molar-refractivity contribution in [2.45, 2.75) is 6.92 Å². The zero-order chi connectivity index (χ0) is 21.1. The third-order valence-corrected chi connectivity index (χ3v) is 5.02. The van der Waals surface area contributed by atoms with Crippen LogP contribution in [-0.2, 0) is 7.05 Å². The maximum atomic E-state index is 13.3. The summed E-state index contributed by atoms with van der Waals surface area (Å²) in [5.74, 6) is 0. The van der Waals surface area contributed by atoms with Crippen LogP contribution in [0.2, 0.25) is 0 Å². The molecule has 4 aromatic rings. The molecule has 0 saturated carbocycles. The topological polar surface area (TPSA) is 59.3 Å². The lowest BCUT2D eigenvalue weighted by molar-refractivity contribution is 0.259. The van der Waals surface area contributed by atoms with E-state index in [0.29, 0.717) is 17.1 Å². The highest BCUT2D eigenvalue weighted by Gasteiger charge is 2.23. The van der Waals surface area contributed by atoms with E-state index in [1.807, 2.05) is 97.9 Å². The van der Waals surface area contributed by atoms with Gasteiger partial charge in [-0.1, -0.05) is 54.6 Å². The highest BCUT2D eigenvalue weighted by atomic mass is 16.2. The Kier molecular flexibility index (Phi) is 5.22. The van der Waals surface area contributed by atoms with E-state index in [1.165, 1.54) is 0 Å². The first-order valence-corrected chi connectivity index (χ1v) is 9.63. The van der Waals surface area contributed by atoms with Gasteiger partial charge in [0, 0.05) is 7.05 Å². The number of hydrogen-bond acceptors (Lipinski definition) is 2. The number of rotatable bonds is 4. The molecule has 0 aliphatic carbocycles. The van der Waals surface area contributed by atoms with E-state index < -0.39 is 6.03 Å². The molecule has 6 nitrogen and oxygen atoms in total. The van der Waals surface area contributed by atoms with Gasteiger partial charge in [-0.25, -0.2) is 9.48 Å². The normalized spacial score (nSPS) is 10.6. The highest BCUT2D eigenvalue weighted by molar-refractivity contribution is 6.07. The van der Waals surface area contributed by atoms with Crippen LogP contribution in [0.15, 0.2) is 95.8 Å². The van der Waals surface area contributed by atoms with Gasteiger partial charge < -0.3 is 5.32 Å². The standard InChI is InChI=1S/C24H22N4O2/c1-18-22(23(29)28(26(18)2)21-16-10-5-11-17-21)25-24(30)27(19-12-6-3-7-13-19)20-14-8-4-9-15-20/h3-17H,1-2H3,(H,25,30). The minimum absolute atomic E-state index is 0.253. The van der Waals surface area contributed by atoms with E-state index in [-0.39, 0.29) is 11.2 Å². The highest BCUT2D eigenvalue weighted by Crippen LogP contribution is 2.26. The zero-order valence-corrected chi connectivity index (χ0v) is 16.8. The molecular formula is C24H22N4O2. The molecule has 1 aromatic heterocycles. The molecule has 0 radical (unpaired) electrons. The third-order valence-electron chi connectivity index (χ3n) is 5.02. The fourth-order valence-electron chi connectivity index (χ4n) is 3.41. The summed E-state index contributed by atoms with van der Waals surface area (Å²) in [6.45, 7) is 1.81. The molecule has 2 amide bonds. The molecule has 6 heteroatoms. The van der Waals surface area contributed by atoms with E-state index in [0.717, 1.165) is 5.69 Å². The first-order valence-electron chi connectivity index (χ1n) is 9.63. The predicted molar refractivity (Wildman–Crippen MR) is 120 cm³/mol. The molecule has 0 fully saturated rings. The monoisotopic (exact) mass is 398 g/mol.